The highest BCUT2D eigenvalue weighted by molar-refractivity contribution is 6.16. The molecule has 4 heterocycles. The maximum absolute atomic E-state index is 13.2. The largest absolute Gasteiger partial charge is 0.401 e. The van der Waals surface area contributed by atoms with Crippen molar-refractivity contribution < 1.29 is 13.9 Å². The Kier molecular flexibility index (Phi) is 5.92. The van der Waals surface area contributed by atoms with E-state index < -0.39 is 6.17 Å². The summed E-state index contributed by atoms with van der Waals surface area (Å²) in [6.45, 7) is 2.61. The van der Waals surface area contributed by atoms with Crippen molar-refractivity contribution in [3.8, 4) is 11.6 Å². The molecule has 2 aliphatic heterocycles. The Hall–Kier alpha value is -4.44. The first kappa shape index (κ1) is 22.1. The molecule has 0 amide bonds. The summed E-state index contributed by atoms with van der Waals surface area (Å²) in [6, 6.07) is 17.7. The lowest BCUT2D eigenvalue weighted by molar-refractivity contribution is -0.119. The molecule has 0 bridgehead atoms. The monoisotopic (exact) mass is 481 g/mol. The number of hydrogen-bond donors (Lipinski definition) is 1. The van der Waals surface area contributed by atoms with Crippen LogP contribution in [-0.2, 0) is 16.0 Å². The number of Topliss-reactive ketones (excluding diaryl/α,β-unsaturated/α-hetero) is 1. The number of ether oxygens (including phenoxy) is 1. The predicted molar refractivity (Wildman–Crippen MR) is 133 cm³/mol. The van der Waals surface area contributed by atoms with Crippen molar-refractivity contribution in [2.75, 3.05) is 36.5 Å². The number of fused-ring (bicyclic) bond motifs is 1. The van der Waals surface area contributed by atoms with E-state index in [0.717, 1.165) is 22.4 Å². The van der Waals surface area contributed by atoms with Crippen LogP contribution in [0.25, 0.3) is 11.6 Å². The minimum Gasteiger partial charge on any atom is -0.401 e. The summed E-state index contributed by atoms with van der Waals surface area (Å²) in [5.74, 6) is 0.770. The van der Waals surface area contributed by atoms with E-state index in [1.54, 1.807) is 12.4 Å². The molecular weight excluding hydrogens is 458 g/mol. The molecule has 1 N–H and O–H groups in total. The normalized spacial score (nSPS) is 17.8. The van der Waals surface area contributed by atoms with Crippen LogP contribution in [-0.4, -0.2) is 64.1 Å². The molecule has 10 nitrogen and oxygen atoms in total. The molecule has 36 heavy (non-hydrogen) atoms. The van der Waals surface area contributed by atoms with Gasteiger partial charge in [-0.25, -0.2) is 9.97 Å². The fraction of sp³-hybridized carbons (Fsp3) is 0.231. The fourth-order valence-corrected chi connectivity index (χ4v) is 4.38. The van der Waals surface area contributed by atoms with Crippen LogP contribution in [0.15, 0.2) is 76.4 Å². The van der Waals surface area contributed by atoms with Crippen molar-refractivity contribution in [2.45, 2.75) is 12.6 Å². The Morgan fingerprint density at radius 1 is 0.917 bits per heavy atom. The molecule has 10 heteroatoms. The molecule has 1 saturated heterocycles. The average molecular weight is 482 g/mol. The van der Waals surface area contributed by atoms with Crippen LogP contribution in [0.4, 0.5) is 11.8 Å². The van der Waals surface area contributed by atoms with Gasteiger partial charge in [-0.1, -0.05) is 59.7 Å². The maximum Gasteiger partial charge on any atom is 0.317 e. The number of carbonyl (C=O) groups excluding carboxylic acids is 1. The van der Waals surface area contributed by atoms with Crippen molar-refractivity contribution in [2.24, 2.45) is 4.99 Å². The fourth-order valence-electron chi connectivity index (χ4n) is 4.38. The number of rotatable bonds is 5. The Morgan fingerprint density at radius 3 is 2.56 bits per heavy atom. The number of ketones is 1. The van der Waals surface area contributed by atoms with Gasteiger partial charge in [-0.2, -0.15) is 0 Å². The first-order valence-electron chi connectivity index (χ1n) is 11.7. The van der Waals surface area contributed by atoms with Gasteiger partial charge in [0.1, 0.15) is 0 Å². The van der Waals surface area contributed by atoms with E-state index in [9.17, 15) is 4.79 Å². The van der Waals surface area contributed by atoms with Gasteiger partial charge in [-0.3, -0.25) is 9.79 Å². The lowest BCUT2D eigenvalue weighted by atomic mass is 9.96. The number of morpholine rings is 1. The van der Waals surface area contributed by atoms with Crippen LogP contribution >= 0.6 is 0 Å². The third-order valence-electron chi connectivity index (χ3n) is 6.12. The lowest BCUT2D eigenvalue weighted by Crippen LogP contribution is -2.37. The molecule has 4 aromatic rings. The minimum atomic E-state index is -0.888. The molecule has 0 saturated carbocycles. The average Bonchev–Trinajstić information content (AvgIpc) is 3.35. The number of hydrogen-bond acceptors (Lipinski definition) is 10. The van der Waals surface area contributed by atoms with Crippen LogP contribution in [0.3, 0.4) is 0 Å². The van der Waals surface area contributed by atoms with Crippen molar-refractivity contribution >= 4 is 23.3 Å². The van der Waals surface area contributed by atoms with Crippen LogP contribution < -0.4 is 10.2 Å². The van der Waals surface area contributed by atoms with Gasteiger partial charge in [0.15, 0.2) is 23.5 Å². The number of aliphatic imine (C=N–C) groups is 1. The van der Waals surface area contributed by atoms with Gasteiger partial charge in [-0.15, -0.1) is 5.10 Å². The Labute approximate surface area is 207 Å². The van der Waals surface area contributed by atoms with Crippen LogP contribution in [0, 0.1) is 0 Å². The lowest BCUT2D eigenvalue weighted by Gasteiger charge is -2.28. The SMILES string of the molecule is O=C1Cc2ccccc2C(c2ccccc2)=NC1Nc1nnc(-c2nccnc2N2CCOCC2)o1. The van der Waals surface area contributed by atoms with Gasteiger partial charge in [0.05, 0.1) is 18.9 Å². The molecule has 0 aliphatic carbocycles. The zero-order chi connectivity index (χ0) is 24.3. The minimum absolute atomic E-state index is 0.0871. The van der Waals surface area contributed by atoms with Gasteiger partial charge >= 0.3 is 6.01 Å². The molecule has 1 fully saturated rings. The molecule has 1 unspecified atom stereocenters. The van der Waals surface area contributed by atoms with Gasteiger partial charge < -0.3 is 19.4 Å². The highest BCUT2D eigenvalue weighted by atomic mass is 16.5. The van der Waals surface area contributed by atoms with E-state index in [0.29, 0.717) is 37.8 Å². The van der Waals surface area contributed by atoms with Crippen LogP contribution in [0.5, 0.6) is 0 Å². The smallest absolute Gasteiger partial charge is 0.317 e. The Balaban J connectivity index is 1.32. The van der Waals surface area contributed by atoms with Crippen molar-refractivity contribution in [1.82, 2.24) is 20.2 Å². The van der Waals surface area contributed by atoms with E-state index in [1.165, 1.54) is 0 Å². The van der Waals surface area contributed by atoms with Crippen molar-refractivity contribution in [3.63, 3.8) is 0 Å². The molecular formula is C26H23N7O3. The summed E-state index contributed by atoms with van der Waals surface area (Å²) >= 11 is 0. The second-order valence-electron chi connectivity index (χ2n) is 8.43. The number of nitrogens with zero attached hydrogens (tertiary/aromatic N) is 6. The van der Waals surface area contributed by atoms with Crippen molar-refractivity contribution in [1.29, 1.82) is 0 Å². The number of benzene rings is 2. The van der Waals surface area contributed by atoms with E-state index in [2.05, 4.69) is 30.4 Å². The summed E-state index contributed by atoms with van der Waals surface area (Å²) in [6.07, 6.45) is 2.56. The maximum atomic E-state index is 13.2. The highest BCUT2D eigenvalue weighted by Crippen LogP contribution is 2.28. The number of anilines is 2. The van der Waals surface area contributed by atoms with Crippen LogP contribution in [0.1, 0.15) is 16.7 Å². The zero-order valence-corrected chi connectivity index (χ0v) is 19.4. The topological polar surface area (TPSA) is 119 Å². The van der Waals surface area contributed by atoms with E-state index in [1.807, 2.05) is 54.6 Å². The van der Waals surface area contributed by atoms with Gasteiger partial charge in [0.2, 0.25) is 0 Å². The second-order valence-corrected chi connectivity index (χ2v) is 8.43. The first-order chi connectivity index (χ1) is 17.8. The van der Waals surface area contributed by atoms with E-state index >= 15 is 0 Å². The van der Waals surface area contributed by atoms with E-state index in [4.69, 9.17) is 14.1 Å². The second kappa shape index (κ2) is 9.67. The summed E-state index contributed by atoms with van der Waals surface area (Å²) < 4.78 is 11.3. The van der Waals surface area contributed by atoms with Gasteiger partial charge in [-0.05, 0) is 5.56 Å². The van der Waals surface area contributed by atoms with Gasteiger partial charge in [0.25, 0.3) is 5.89 Å². The molecule has 180 valence electrons. The van der Waals surface area contributed by atoms with Crippen LogP contribution in [0.2, 0.25) is 0 Å². The molecule has 0 spiro atoms. The molecule has 2 aliphatic rings. The Bertz CT molecular complexity index is 1410. The quantitative estimate of drug-likeness (QED) is 0.459. The summed E-state index contributed by atoms with van der Waals surface area (Å²) in [4.78, 5) is 29.0. The molecule has 0 radical (unpaired) electrons. The summed E-state index contributed by atoms with van der Waals surface area (Å²) in [7, 11) is 0. The highest BCUT2D eigenvalue weighted by Gasteiger charge is 2.28. The third kappa shape index (κ3) is 4.34. The molecule has 6 rings (SSSR count). The van der Waals surface area contributed by atoms with Gasteiger partial charge in [0, 0.05) is 43.0 Å². The summed E-state index contributed by atoms with van der Waals surface area (Å²) in [5.41, 5.74) is 4.00. The molecule has 2 aromatic carbocycles. The van der Waals surface area contributed by atoms with Crippen molar-refractivity contribution in [3.05, 3.63) is 83.7 Å². The number of aromatic nitrogens is 4. The third-order valence-corrected chi connectivity index (χ3v) is 6.12. The zero-order valence-electron chi connectivity index (χ0n) is 19.4. The van der Waals surface area contributed by atoms with E-state index in [-0.39, 0.29) is 24.1 Å². The number of nitrogens with one attached hydrogen (secondary N) is 1. The first-order valence-corrected chi connectivity index (χ1v) is 11.7. The summed E-state index contributed by atoms with van der Waals surface area (Å²) in [5, 5.41) is 11.3. The number of carbonyl (C=O) groups is 1. The Morgan fingerprint density at radius 2 is 1.69 bits per heavy atom. The standard InChI is InChI=1S/C26H23N7O3/c34-20-16-18-8-4-5-9-19(18)21(17-6-2-1-3-7-17)29-23(20)30-26-32-31-25(36-26)22-24(28-11-10-27-22)33-12-14-35-15-13-33/h1-11,23H,12-16H2,(H,30,32). The molecule has 1 atom stereocenters. The molecule has 2 aromatic heterocycles. The predicted octanol–water partition coefficient (Wildman–Crippen LogP) is 2.76.